The second kappa shape index (κ2) is 7.31. The predicted molar refractivity (Wildman–Crippen MR) is 93.8 cm³/mol. The number of allylic oxidation sites excluding steroid dienone is 1. The lowest BCUT2D eigenvalue weighted by molar-refractivity contribution is 0.0921. The van der Waals surface area contributed by atoms with Crippen LogP contribution in [0.1, 0.15) is 11.3 Å². The van der Waals surface area contributed by atoms with Gasteiger partial charge in [-0.1, -0.05) is 24.3 Å². The third-order valence-electron chi connectivity index (χ3n) is 3.90. The average molecular weight is 340 g/mol. The van der Waals surface area contributed by atoms with E-state index in [0.717, 1.165) is 11.3 Å². The lowest BCUT2D eigenvalue weighted by atomic mass is 10.1. The van der Waals surface area contributed by atoms with Gasteiger partial charge in [-0.25, -0.2) is 0 Å². The first-order valence-corrected chi connectivity index (χ1v) is 8.00. The summed E-state index contributed by atoms with van der Waals surface area (Å²) in [6, 6.07) is 9.13. The van der Waals surface area contributed by atoms with Crippen LogP contribution in [0.2, 0.25) is 0 Å². The van der Waals surface area contributed by atoms with Crippen LogP contribution in [0.4, 0.5) is 0 Å². The number of aryl methyl sites for hydroxylation is 1. The average Bonchev–Trinajstić information content (AvgIpc) is 3.08. The first kappa shape index (κ1) is 16.9. The summed E-state index contributed by atoms with van der Waals surface area (Å²) in [4.78, 5) is 16.0. The zero-order chi connectivity index (χ0) is 17.8. The van der Waals surface area contributed by atoms with E-state index in [1.54, 1.807) is 11.5 Å². The van der Waals surface area contributed by atoms with E-state index in [-0.39, 0.29) is 18.7 Å². The van der Waals surface area contributed by atoms with Crippen LogP contribution in [-0.2, 0) is 13.0 Å². The molecule has 3 aromatic rings. The van der Waals surface area contributed by atoms with Gasteiger partial charge in [-0.15, -0.1) is 6.58 Å². The number of aliphatic hydroxyl groups excluding tert-OH is 1. The van der Waals surface area contributed by atoms with Gasteiger partial charge >= 0.3 is 0 Å². The van der Waals surface area contributed by atoms with Crippen LogP contribution in [0.3, 0.4) is 0 Å². The molecule has 7 nitrogen and oxygen atoms in total. The molecule has 2 aromatic heterocycles. The molecule has 130 valence electrons. The van der Waals surface area contributed by atoms with Gasteiger partial charge in [-0.3, -0.25) is 4.79 Å². The van der Waals surface area contributed by atoms with Crippen molar-refractivity contribution in [2.45, 2.75) is 26.0 Å². The Balaban J connectivity index is 1.74. The number of hydrogen-bond donors (Lipinski definition) is 1. The summed E-state index contributed by atoms with van der Waals surface area (Å²) < 4.78 is 8.72. The molecule has 1 aromatic carbocycles. The van der Waals surface area contributed by atoms with Crippen molar-refractivity contribution in [1.82, 2.24) is 19.2 Å². The Hall–Kier alpha value is -2.93. The molecule has 0 spiro atoms. The van der Waals surface area contributed by atoms with E-state index in [1.807, 2.05) is 30.3 Å². The molecule has 7 heteroatoms. The minimum atomic E-state index is -0.765. The smallest absolute Gasteiger partial charge is 0.275 e. The fourth-order valence-electron chi connectivity index (χ4n) is 2.69. The number of para-hydroxylation sites is 1. The van der Waals surface area contributed by atoms with E-state index < -0.39 is 6.10 Å². The van der Waals surface area contributed by atoms with Gasteiger partial charge in [0.25, 0.3) is 5.56 Å². The topological polar surface area (TPSA) is 81.7 Å². The Bertz CT molecular complexity index is 945. The van der Waals surface area contributed by atoms with Crippen molar-refractivity contribution in [1.29, 1.82) is 0 Å². The molecule has 1 N–H and O–H groups in total. The maximum atomic E-state index is 11.9. The van der Waals surface area contributed by atoms with Crippen molar-refractivity contribution in [2.24, 2.45) is 0 Å². The van der Waals surface area contributed by atoms with Crippen LogP contribution in [0, 0.1) is 6.92 Å². The molecule has 0 saturated heterocycles. The standard InChI is InChI=1S/C18H20N4O3/c1-3-6-14-7-4-5-8-16(14)25-11-15(23)10-21-13(2)9-17(24)22-18(21)19-12-20-22/h3-5,7-9,12,15,23H,1,6,10-11H2,2H3. The van der Waals surface area contributed by atoms with Crippen LogP contribution in [0.25, 0.3) is 5.78 Å². The van der Waals surface area contributed by atoms with Gasteiger partial charge in [-0.05, 0) is 25.0 Å². The molecule has 1 unspecified atom stereocenters. The van der Waals surface area contributed by atoms with Gasteiger partial charge in [-0.2, -0.15) is 14.6 Å². The summed E-state index contributed by atoms with van der Waals surface area (Å²) in [5.41, 5.74) is 1.48. The second-order valence-electron chi connectivity index (χ2n) is 5.77. The summed E-state index contributed by atoms with van der Waals surface area (Å²) in [6.07, 6.45) is 3.06. The fourth-order valence-corrected chi connectivity index (χ4v) is 2.69. The summed E-state index contributed by atoms with van der Waals surface area (Å²) in [6.45, 7) is 5.91. The number of fused-ring (bicyclic) bond motifs is 1. The van der Waals surface area contributed by atoms with Crippen LogP contribution in [0.15, 0.2) is 54.1 Å². The van der Waals surface area contributed by atoms with Crippen LogP contribution in [0.5, 0.6) is 5.75 Å². The Kier molecular flexibility index (Phi) is 4.95. The van der Waals surface area contributed by atoms with Crippen LogP contribution >= 0.6 is 0 Å². The van der Waals surface area contributed by atoms with E-state index in [0.29, 0.717) is 17.9 Å². The molecule has 0 bridgehead atoms. The summed E-state index contributed by atoms with van der Waals surface area (Å²) in [5.74, 6) is 1.13. The Morgan fingerprint density at radius 3 is 3.00 bits per heavy atom. The van der Waals surface area contributed by atoms with E-state index in [2.05, 4.69) is 16.7 Å². The van der Waals surface area contributed by atoms with Crippen LogP contribution < -0.4 is 10.3 Å². The highest BCUT2D eigenvalue weighted by Crippen LogP contribution is 2.19. The van der Waals surface area contributed by atoms with Gasteiger partial charge in [0.15, 0.2) is 0 Å². The zero-order valence-electron chi connectivity index (χ0n) is 14.0. The second-order valence-corrected chi connectivity index (χ2v) is 5.77. The summed E-state index contributed by atoms with van der Waals surface area (Å²) >= 11 is 0. The van der Waals surface area contributed by atoms with E-state index in [9.17, 15) is 9.90 Å². The lowest BCUT2D eigenvalue weighted by Crippen LogP contribution is -2.28. The fraction of sp³-hybridized carbons (Fsp3) is 0.278. The number of aliphatic hydroxyl groups is 1. The maximum absolute atomic E-state index is 11.9. The number of rotatable bonds is 7. The third-order valence-corrected chi connectivity index (χ3v) is 3.90. The number of nitrogens with zero attached hydrogens (tertiary/aromatic N) is 4. The first-order chi connectivity index (χ1) is 12.1. The van der Waals surface area contributed by atoms with Crippen molar-refractivity contribution < 1.29 is 9.84 Å². The van der Waals surface area contributed by atoms with Gasteiger partial charge in [0.1, 0.15) is 24.8 Å². The molecule has 0 aliphatic heterocycles. The Labute approximate surface area is 144 Å². The molecule has 0 fully saturated rings. The Morgan fingerprint density at radius 1 is 1.40 bits per heavy atom. The molecule has 0 aliphatic rings. The van der Waals surface area contributed by atoms with Gasteiger partial charge in [0.2, 0.25) is 5.78 Å². The molecule has 0 amide bonds. The van der Waals surface area contributed by atoms with Crippen molar-refractivity contribution >= 4 is 5.78 Å². The zero-order valence-corrected chi connectivity index (χ0v) is 14.0. The molecule has 0 saturated carbocycles. The Morgan fingerprint density at radius 2 is 2.20 bits per heavy atom. The normalized spacial score (nSPS) is 12.2. The molecule has 25 heavy (non-hydrogen) atoms. The van der Waals surface area contributed by atoms with Crippen molar-refractivity contribution in [2.75, 3.05) is 6.61 Å². The summed E-state index contributed by atoms with van der Waals surface area (Å²) in [7, 11) is 0. The molecular formula is C18H20N4O3. The summed E-state index contributed by atoms with van der Waals surface area (Å²) in [5, 5.41) is 14.3. The highest BCUT2D eigenvalue weighted by molar-refractivity contribution is 5.34. The molecule has 3 rings (SSSR count). The van der Waals surface area contributed by atoms with E-state index in [1.165, 1.54) is 16.9 Å². The van der Waals surface area contributed by atoms with Crippen LogP contribution in [-0.4, -0.2) is 37.0 Å². The predicted octanol–water partition coefficient (Wildman–Crippen LogP) is 1.37. The van der Waals surface area contributed by atoms with E-state index in [4.69, 9.17) is 4.74 Å². The molecule has 2 heterocycles. The third kappa shape index (κ3) is 3.61. The molecular weight excluding hydrogens is 320 g/mol. The highest BCUT2D eigenvalue weighted by Gasteiger charge is 2.14. The SMILES string of the molecule is C=CCc1ccccc1OCC(O)Cn1c(C)cc(=O)n2ncnc12. The number of benzene rings is 1. The van der Waals surface area contributed by atoms with Gasteiger partial charge in [0.05, 0.1) is 6.54 Å². The largest absolute Gasteiger partial charge is 0.491 e. The van der Waals surface area contributed by atoms with Crippen molar-refractivity contribution in [3.8, 4) is 5.75 Å². The number of ether oxygens (including phenoxy) is 1. The van der Waals surface area contributed by atoms with Gasteiger partial charge in [0, 0.05) is 11.8 Å². The van der Waals surface area contributed by atoms with Gasteiger partial charge < -0.3 is 14.4 Å². The van der Waals surface area contributed by atoms with Crippen molar-refractivity contribution in [3.05, 3.63) is 70.9 Å². The lowest BCUT2D eigenvalue weighted by Gasteiger charge is -2.17. The molecule has 0 radical (unpaired) electrons. The van der Waals surface area contributed by atoms with E-state index >= 15 is 0 Å². The number of aromatic nitrogens is 4. The highest BCUT2D eigenvalue weighted by atomic mass is 16.5. The number of hydrogen-bond acceptors (Lipinski definition) is 5. The quantitative estimate of drug-likeness (QED) is 0.657. The monoisotopic (exact) mass is 340 g/mol. The van der Waals surface area contributed by atoms with Crippen molar-refractivity contribution in [3.63, 3.8) is 0 Å². The molecule has 1 atom stereocenters. The first-order valence-electron chi connectivity index (χ1n) is 8.00. The molecule has 0 aliphatic carbocycles. The maximum Gasteiger partial charge on any atom is 0.275 e. The minimum absolute atomic E-state index is 0.125. The minimum Gasteiger partial charge on any atom is -0.491 e.